The molecule has 1 N–H and O–H groups in total. The van der Waals surface area contributed by atoms with Gasteiger partial charge in [-0.05, 0) is 37.6 Å². The Morgan fingerprint density at radius 1 is 1.24 bits per heavy atom. The molecular weight excluding hydrogens is 212 g/mol. The van der Waals surface area contributed by atoms with E-state index in [4.69, 9.17) is 0 Å². The van der Waals surface area contributed by atoms with E-state index in [0.717, 1.165) is 17.8 Å². The van der Waals surface area contributed by atoms with Crippen LogP contribution >= 0.6 is 0 Å². The van der Waals surface area contributed by atoms with Crippen molar-refractivity contribution in [2.24, 2.45) is 0 Å². The Labute approximate surface area is 101 Å². The van der Waals surface area contributed by atoms with Gasteiger partial charge in [0.05, 0.1) is 6.20 Å². The molecule has 0 aliphatic carbocycles. The van der Waals surface area contributed by atoms with E-state index in [0.29, 0.717) is 0 Å². The van der Waals surface area contributed by atoms with E-state index >= 15 is 0 Å². The zero-order chi connectivity index (χ0) is 11.5. The van der Waals surface area contributed by atoms with E-state index in [1.165, 1.54) is 31.5 Å². The molecule has 0 unspecified atom stereocenters. The molecule has 2 heterocycles. The second-order valence-corrected chi connectivity index (χ2v) is 4.54. The minimum Gasteiger partial charge on any atom is -0.299 e. The van der Waals surface area contributed by atoms with Gasteiger partial charge in [-0.25, -0.2) is 0 Å². The summed E-state index contributed by atoms with van der Waals surface area (Å²) < 4.78 is 0. The largest absolute Gasteiger partial charge is 0.299 e. The van der Waals surface area contributed by atoms with Gasteiger partial charge in [0.25, 0.3) is 0 Å². The second-order valence-electron chi connectivity index (χ2n) is 4.54. The van der Waals surface area contributed by atoms with Gasteiger partial charge in [0, 0.05) is 12.1 Å². The number of H-pyrrole nitrogens is 1. The van der Waals surface area contributed by atoms with Crippen molar-refractivity contribution >= 4 is 0 Å². The highest BCUT2D eigenvalue weighted by Gasteiger charge is 2.12. The van der Waals surface area contributed by atoms with Crippen LogP contribution in [0.1, 0.15) is 18.4 Å². The Bertz CT molecular complexity index is 472. The van der Waals surface area contributed by atoms with E-state index < -0.39 is 0 Å². The summed E-state index contributed by atoms with van der Waals surface area (Å²) in [6, 6.07) is 8.55. The lowest BCUT2D eigenvalue weighted by atomic mass is 10.1. The fourth-order valence-electron chi connectivity index (χ4n) is 2.37. The quantitative estimate of drug-likeness (QED) is 0.874. The van der Waals surface area contributed by atoms with Gasteiger partial charge in [-0.1, -0.05) is 18.2 Å². The summed E-state index contributed by atoms with van der Waals surface area (Å²) in [5, 5.41) is 10.6. The van der Waals surface area contributed by atoms with Gasteiger partial charge in [0.1, 0.15) is 5.69 Å². The molecule has 0 atom stereocenters. The zero-order valence-electron chi connectivity index (χ0n) is 9.76. The summed E-state index contributed by atoms with van der Waals surface area (Å²) in [7, 11) is 0. The molecule has 1 saturated heterocycles. The first-order valence-corrected chi connectivity index (χ1v) is 6.09. The first kappa shape index (κ1) is 10.5. The maximum Gasteiger partial charge on any atom is 0.112 e. The fraction of sp³-hybridized carbons (Fsp3) is 0.385. The third-order valence-corrected chi connectivity index (χ3v) is 3.24. The molecule has 0 radical (unpaired) electrons. The topological polar surface area (TPSA) is 44.8 Å². The molecule has 0 spiro atoms. The highest BCUT2D eigenvalue weighted by Crippen LogP contribution is 2.19. The molecule has 4 heteroatoms. The molecule has 2 aromatic rings. The third kappa shape index (κ3) is 2.36. The predicted molar refractivity (Wildman–Crippen MR) is 66.3 cm³/mol. The van der Waals surface area contributed by atoms with Gasteiger partial charge in [-0.2, -0.15) is 15.4 Å². The molecular formula is C13H16N4. The second kappa shape index (κ2) is 4.67. The molecule has 88 valence electrons. The van der Waals surface area contributed by atoms with Crippen LogP contribution in [-0.2, 0) is 6.54 Å². The molecule has 1 aromatic heterocycles. The van der Waals surface area contributed by atoms with Gasteiger partial charge < -0.3 is 0 Å². The maximum absolute atomic E-state index is 4.11. The highest BCUT2D eigenvalue weighted by molar-refractivity contribution is 5.58. The van der Waals surface area contributed by atoms with Crippen molar-refractivity contribution < 1.29 is 0 Å². The standard InChI is InChI=1S/C13H16N4/c1-2-7-17(6-1)10-11-4-3-5-12(8-11)13-9-14-16-15-13/h3-5,8-9H,1-2,6-7,10H2,(H,14,15,16). The van der Waals surface area contributed by atoms with Crippen molar-refractivity contribution in [2.45, 2.75) is 19.4 Å². The number of hydrogen-bond acceptors (Lipinski definition) is 3. The Balaban J connectivity index is 1.79. The van der Waals surface area contributed by atoms with Crippen molar-refractivity contribution in [3.63, 3.8) is 0 Å². The number of benzene rings is 1. The van der Waals surface area contributed by atoms with Crippen LogP contribution in [0.5, 0.6) is 0 Å². The van der Waals surface area contributed by atoms with Crippen molar-refractivity contribution in [3.05, 3.63) is 36.0 Å². The third-order valence-electron chi connectivity index (χ3n) is 3.24. The molecule has 0 bridgehead atoms. The van der Waals surface area contributed by atoms with Crippen molar-refractivity contribution in [3.8, 4) is 11.3 Å². The number of aromatic nitrogens is 3. The molecule has 1 aliphatic heterocycles. The lowest BCUT2D eigenvalue weighted by molar-refractivity contribution is 0.331. The van der Waals surface area contributed by atoms with Gasteiger partial charge in [-0.3, -0.25) is 4.90 Å². The fourth-order valence-corrected chi connectivity index (χ4v) is 2.37. The van der Waals surface area contributed by atoms with E-state index in [-0.39, 0.29) is 0 Å². The van der Waals surface area contributed by atoms with Crippen LogP contribution in [0.2, 0.25) is 0 Å². The van der Waals surface area contributed by atoms with Crippen molar-refractivity contribution in [1.82, 2.24) is 20.3 Å². The van der Waals surface area contributed by atoms with Crippen LogP contribution in [0.4, 0.5) is 0 Å². The first-order chi connectivity index (χ1) is 8.42. The number of aromatic amines is 1. The lowest BCUT2D eigenvalue weighted by Crippen LogP contribution is -2.18. The number of rotatable bonds is 3. The van der Waals surface area contributed by atoms with Crippen LogP contribution in [0.3, 0.4) is 0 Å². The van der Waals surface area contributed by atoms with Crippen LogP contribution in [0.15, 0.2) is 30.5 Å². The molecule has 17 heavy (non-hydrogen) atoms. The minimum atomic E-state index is 0.910. The van der Waals surface area contributed by atoms with Gasteiger partial charge in [-0.15, -0.1) is 0 Å². The summed E-state index contributed by atoms with van der Waals surface area (Å²) in [6.07, 6.45) is 4.43. The van der Waals surface area contributed by atoms with Crippen molar-refractivity contribution in [1.29, 1.82) is 0 Å². The summed E-state index contributed by atoms with van der Waals surface area (Å²) >= 11 is 0. The number of nitrogens with one attached hydrogen (secondary N) is 1. The molecule has 1 fully saturated rings. The summed E-state index contributed by atoms with van der Waals surface area (Å²) in [6.45, 7) is 3.51. The molecule has 3 rings (SSSR count). The average molecular weight is 228 g/mol. The molecule has 0 saturated carbocycles. The molecule has 4 nitrogen and oxygen atoms in total. The molecule has 0 amide bonds. The monoisotopic (exact) mass is 228 g/mol. The summed E-state index contributed by atoms with van der Waals surface area (Å²) in [5.74, 6) is 0. The molecule has 1 aromatic carbocycles. The van der Waals surface area contributed by atoms with Crippen LogP contribution in [-0.4, -0.2) is 33.4 Å². The number of nitrogens with zero attached hydrogens (tertiary/aromatic N) is 3. The van der Waals surface area contributed by atoms with Gasteiger partial charge >= 0.3 is 0 Å². The van der Waals surface area contributed by atoms with E-state index in [1.54, 1.807) is 6.20 Å². The van der Waals surface area contributed by atoms with E-state index in [9.17, 15) is 0 Å². The Morgan fingerprint density at radius 2 is 2.12 bits per heavy atom. The Kier molecular flexibility index (Phi) is 2.88. The van der Waals surface area contributed by atoms with E-state index in [1.807, 2.05) is 0 Å². The van der Waals surface area contributed by atoms with Gasteiger partial charge in [0.15, 0.2) is 0 Å². The van der Waals surface area contributed by atoms with Gasteiger partial charge in [0.2, 0.25) is 0 Å². The number of likely N-dealkylation sites (tertiary alicyclic amines) is 1. The summed E-state index contributed by atoms with van der Waals surface area (Å²) in [5.41, 5.74) is 3.40. The Hall–Kier alpha value is -1.68. The SMILES string of the molecule is c1cc(CN2CCCC2)cc(-c2cn[nH]n2)c1. The van der Waals surface area contributed by atoms with E-state index in [2.05, 4.69) is 44.6 Å². The molecule has 1 aliphatic rings. The van der Waals surface area contributed by atoms with Crippen LogP contribution in [0, 0.1) is 0 Å². The predicted octanol–water partition coefficient (Wildman–Crippen LogP) is 2.07. The highest BCUT2D eigenvalue weighted by atomic mass is 15.3. The minimum absolute atomic E-state index is 0.910. The smallest absolute Gasteiger partial charge is 0.112 e. The van der Waals surface area contributed by atoms with Crippen molar-refractivity contribution in [2.75, 3.05) is 13.1 Å². The zero-order valence-corrected chi connectivity index (χ0v) is 9.76. The average Bonchev–Trinajstić information content (AvgIpc) is 3.01. The lowest BCUT2D eigenvalue weighted by Gasteiger charge is -2.14. The van der Waals surface area contributed by atoms with Crippen LogP contribution in [0.25, 0.3) is 11.3 Å². The maximum atomic E-state index is 4.11. The Morgan fingerprint density at radius 3 is 2.88 bits per heavy atom. The normalized spacial score (nSPS) is 16.5. The summed E-state index contributed by atoms with van der Waals surface area (Å²) in [4.78, 5) is 2.50. The first-order valence-electron chi connectivity index (χ1n) is 6.09. The number of hydrogen-bond donors (Lipinski definition) is 1. The van der Waals surface area contributed by atoms with Crippen LogP contribution < -0.4 is 0 Å².